The Hall–Kier alpha value is -3.10. The first kappa shape index (κ1) is 19.8. The van der Waals surface area contributed by atoms with E-state index < -0.39 is 0 Å². The largest absolute Gasteiger partial charge is 0.455 e. The molecule has 1 heterocycles. The molecular weight excluding hydrogens is 444 g/mol. The second-order valence-corrected chi connectivity index (χ2v) is 8.78. The van der Waals surface area contributed by atoms with E-state index in [1.807, 2.05) is 0 Å². The SMILES string of the molecule is CCCc1cc(C=Cc2ccc(Br)cc2)ccc1-c1cc2ccc3ccccc3c2o1. The van der Waals surface area contributed by atoms with Crippen LogP contribution in [0.2, 0.25) is 0 Å². The first-order valence-electron chi connectivity index (χ1n) is 10.7. The lowest BCUT2D eigenvalue weighted by Gasteiger charge is -2.08. The van der Waals surface area contributed by atoms with Crippen molar-refractivity contribution in [3.63, 3.8) is 0 Å². The Labute approximate surface area is 191 Å². The fourth-order valence-corrected chi connectivity index (χ4v) is 4.37. The van der Waals surface area contributed by atoms with Crippen molar-refractivity contribution in [2.24, 2.45) is 0 Å². The fourth-order valence-electron chi connectivity index (χ4n) is 4.10. The molecule has 31 heavy (non-hydrogen) atoms. The summed E-state index contributed by atoms with van der Waals surface area (Å²) in [5, 5.41) is 3.52. The van der Waals surface area contributed by atoms with Gasteiger partial charge in [-0.2, -0.15) is 0 Å². The molecule has 1 aromatic heterocycles. The molecule has 2 heteroatoms. The topological polar surface area (TPSA) is 13.1 Å². The van der Waals surface area contributed by atoms with Gasteiger partial charge in [0.1, 0.15) is 11.3 Å². The summed E-state index contributed by atoms with van der Waals surface area (Å²) in [4.78, 5) is 0. The first-order valence-corrected chi connectivity index (χ1v) is 11.5. The fraction of sp³-hybridized carbons (Fsp3) is 0.103. The number of fused-ring (bicyclic) bond motifs is 3. The minimum Gasteiger partial charge on any atom is -0.455 e. The van der Waals surface area contributed by atoms with Gasteiger partial charge in [-0.3, -0.25) is 0 Å². The number of benzene rings is 4. The second-order valence-electron chi connectivity index (χ2n) is 7.87. The first-order chi connectivity index (χ1) is 15.2. The molecule has 0 amide bonds. The normalized spacial score (nSPS) is 11.7. The van der Waals surface area contributed by atoms with Crippen LogP contribution in [-0.4, -0.2) is 0 Å². The Morgan fingerprint density at radius 1 is 0.774 bits per heavy atom. The zero-order valence-electron chi connectivity index (χ0n) is 17.4. The van der Waals surface area contributed by atoms with Gasteiger partial charge in [-0.05, 0) is 46.7 Å². The highest BCUT2D eigenvalue weighted by molar-refractivity contribution is 9.10. The molecule has 5 rings (SSSR count). The highest BCUT2D eigenvalue weighted by atomic mass is 79.9. The quantitative estimate of drug-likeness (QED) is 0.235. The summed E-state index contributed by atoms with van der Waals surface area (Å²) in [5.74, 6) is 0.943. The van der Waals surface area contributed by atoms with Crippen LogP contribution in [0.25, 0.3) is 45.2 Å². The molecule has 0 aliphatic rings. The van der Waals surface area contributed by atoms with Gasteiger partial charge in [0.05, 0.1) is 0 Å². The van der Waals surface area contributed by atoms with Gasteiger partial charge in [-0.25, -0.2) is 0 Å². The molecule has 5 aromatic rings. The standard InChI is InChI=1S/C29H23BrO/c1-2-5-23-18-21(9-8-20-10-15-25(30)16-11-20)12-17-26(23)28-19-24-14-13-22-6-3-4-7-27(22)29(24)31-28/h3-4,6-19H,2,5H2,1H3. The van der Waals surface area contributed by atoms with E-state index in [2.05, 4.69) is 120 Å². The number of halogens is 1. The maximum absolute atomic E-state index is 6.41. The van der Waals surface area contributed by atoms with E-state index in [9.17, 15) is 0 Å². The summed E-state index contributed by atoms with van der Waals surface area (Å²) in [5.41, 5.74) is 5.87. The van der Waals surface area contributed by atoms with E-state index in [0.29, 0.717) is 0 Å². The monoisotopic (exact) mass is 466 g/mol. The average molecular weight is 467 g/mol. The van der Waals surface area contributed by atoms with Crippen LogP contribution in [0.3, 0.4) is 0 Å². The third kappa shape index (κ3) is 4.08. The molecule has 0 fully saturated rings. The van der Waals surface area contributed by atoms with Gasteiger partial charge in [-0.1, -0.05) is 108 Å². The Morgan fingerprint density at radius 3 is 2.35 bits per heavy atom. The van der Waals surface area contributed by atoms with Crippen LogP contribution < -0.4 is 0 Å². The Morgan fingerprint density at radius 2 is 1.52 bits per heavy atom. The Kier molecular flexibility index (Phi) is 5.48. The lowest BCUT2D eigenvalue weighted by Crippen LogP contribution is -1.90. The minimum absolute atomic E-state index is 0.943. The minimum atomic E-state index is 0.943. The summed E-state index contributed by atoms with van der Waals surface area (Å²) in [7, 11) is 0. The number of rotatable bonds is 5. The van der Waals surface area contributed by atoms with Gasteiger partial charge < -0.3 is 4.42 Å². The third-order valence-corrected chi connectivity index (χ3v) is 6.19. The molecule has 0 N–H and O–H groups in total. The number of hydrogen-bond acceptors (Lipinski definition) is 1. The van der Waals surface area contributed by atoms with Gasteiger partial charge in [0.15, 0.2) is 0 Å². The lowest BCUT2D eigenvalue weighted by molar-refractivity contribution is 0.633. The van der Waals surface area contributed by atoms with E-state index in [1.54, 1.807) is 0 Å². The van der Waals surface area contributed by atoms with Crippen LogP contribution in [0.15, 0.2) is 93.8 Å². The van der Waals surface area contributed by atoms with Crippen LogP contribution in [0.5, 0.6) is 0 Å². The molecule has 0 spiro atoms. The predicted molar refractivity (Wildman–Crippen MR) is 136 cm³/mol. The predicted octanol–water partition coefficient (Wildman–Crippen LogP) is 9.14. The van der Waals surface area contributed by atoms with Crippen molar-refractivity contribution in [3.05, 3.63) is 106 Å². The number of aryl methyl sites for hydroxylation is 1. The van der Waals surface area contributed by atoms with Crippen molar-refractivity contribution in [1.29, 1.82) is 0 Å². The molecule has 0 saturated heterocycles. The van der Waals surface area contributed by atoms with Gasteiger partial charge >= 0.3 is 0 Å². The van der Waals surface area contributed by atoms with Gasteiger partial charge in [-0.15, -0.1) is 0 Å². The zero-order valence-corrected chi connectivity index (χ0v) is 19.0. The number of furan rings is 1. The molecule has 0 aliphatic heterocycles. The van der Waals surface area contributed by atoms with Gasteiger partial charge in [0.25, 0.3) is 0 Å². The summed E-state index contributed by atoms with van der Waals surface area (Å²) in [6.45, 7) is 2.22. The van der Waals surface area contributed by atoms with Gasteiger partial charge in [0.2, 0.25) is 0 Å². The van der Waals surface area contributed by atoms with Crippen molar-refractivity contribution in [3.8, 4) is 11.3 Å². The maximum Gasteiger partial charge on any atom is 0.142 e. The number of hydrogen-bond donors (Lipinski definition) is 0. The molecule has 1 nitrogen and oxygen atoms in total. The molecule has 0 radical (unpaired) electrons. The highest BCUT2D eigenvalue weighted by Gasteiger charge is 2.12. The van der Waals surface area contributed by atoms with Crippen LogP contribution in [-0.2, 0) is 6.42 Å². The molecule has 0 atom stereocenters. The van der Waals surface area contributed by atoms with E-state index in [1.165, 1.54) is 27.6 Å². The van der Waals surface area contributed by atoms with Crippen molar-refractivity contribution in [2.45, 2.75) is 19.8 Å². The summed E-state index contributed by atoms with van der Waals surface area (Å²) >= 11 is 3.49. The van der Waals surface area contributed by atoms with E-state index in [-0.39, 0.29) is 0 Å². The maximum atomic E-state index is 6.41. The molecule has 0 bridgehead atoms. The molecule has 4 aromatic carbocycles. The molecular formula is C29H23BrO. The van der Waals surface area contributed by atoms with Crippen molar-refractivity contribution < 1.29 is 4.42 Å². The Bertz CT molecular complexity index is 1390. The molecule has 0 unspecified atom stereocenters. The van der Waals surface area contributed by atoms with Crippen LogP contribution in [0.1, 0.15) is 30.0 Å². The second kappa shape index (κ2) is 8.56. The lowest BCUT2D eigenvalue weighted by atomic mass is 9.98. The van der Waals surface area contributed by atoms with Crippen molar-refractivity contribution >= 4 is 49.8 Å². The third-order valence-electron chi connectivity index (χ3n) is 5.66. The highest BCUT2D eigenvalue weighted by Crippen LogP contribution is 2.35. The summed E-state index contributed by atoms with van der Waals surface area (Å²) < 4.78 is 7.51. The Balaban J connectivity index is 1.54. The van der Waals surface area contributed by atoms with Crippen LogP contribution in [0, 0.1) is 0 Å². The summed E-state index contributed by atoms with van der Waals surface area (Å²) in [6, 6.07) is 29.9. The summed E-state index contributed by atoms with van der Waals surface area (Å²) in [6.07, 6.45) is 6.45. The van der Waals surface area contributed by atoms with Gasteiger partial charge in [0, 0.05) is 20.8 Å². The zero-order chi connectivity index (χ0) is 21.2. The van der Waals surface area contributed by atoms with E-state index in [4.69, 9.17) is 4.42 Å². The van der Waals surface area contributed by atoms with Crippen LogP contribution in [0.4, 0.5) is 0 Å². The van der Waals surface area contributed by atoms with E-state index >= 15 is 0 Å². The van der Waals surface area contributed by atoms with Crippen molar-refractivity contribution in [2.75, 3.05) is 0 Å². The molecule has 0 aliphatic carbocycles. The van der Waals surface area contributed by atoms with Crippen molar-refractivity contribution in [1.82, 2.24) is 0 Å². The van der Waals surface area contributed by atoms with E-state index in [0.717, 1.165) is 39.4 Å². The average Bonchev–Trinajstić information content (AvgIpc) is 3.24. The molecule has 0 saturated carbocycles. The smallest absolute Gasteiger partial charge is 0.142 e. The molecule has 152 valence electrons. The van der Waals surface area contributed by atoms with Crippen LogP contribution >= 0.6 is 15.9 Å².